The fraction of sp³-hybridized carbons (Fsp3) is 0.167. The maximum absolute atomic E-state index is 10.0. The zero-order valence-electron chi connectivity index (χ0n) is 6.25. The highest BCUT2D eigenvalue weighted by atomic mass is 16.4. The number of hydrogen-bond donors (Lipinski definition) is 6. The van der Waals surface area contributed by atoms with Crippen molar-refractivity contribution < 1.29 is 35.4 Å². The first-order valence-corrected chi connectivity index (χ1v) is 2.98. The molecule has 0 radical (unpaired) electrons. The predicted octanol–water partition coefficient (Wildman–Crippen LogP) is -0.283. The molecule has 1 unspecified atom stereocenters. The molecule has 0 saturated carbocycles. The zero-order chi connectivity index (χ0) is 10.6. The molecule has 0 fully saturated rings. The van der Waals surface area contributed by atoms with E-state index in [0.717, 1.165) is 0 Å². The molecule has 6 N–H and O–H groups in total. The Balaban J connectivity index is 4.88. The van der Waals surface area contributed by atoms with E-state index in [4.69, 9.17) is 30.6 Å². The summed E-state index contributed by atoms with van der Waals surface area (Å²) >= 11 is 0. The molecule has 0 aliphatic carbocycles. The average Bonchev–Trinajstić information content (AvgIpc) is 2.12. The lowest BCUT2D eigenvalue weighted by atomic mass is 10.2. The molecule has 0 aromatic carbocycles. The van der Waals surface area contributed by atoms with Gasteiger partial charge in [0.2, 0.25) is 5.76 Å². The van der Waals surface area contributed by atoms with Crippen LogP contribution >= 0.6 is 0 Å². The van der Waals surface area contributed by atoms with Crippen molar-refractivity contribution in [3.8, 4) is 0 Å². The largest absolute Gasteiger partial charge is 0.512 e. The highest BCUT2D eigenvalue weighted by molar-refractivity contribution is 5.84. The number of carbonyl (C=O) groups is 1. The molecular formula is C6H8O7. The topological polar surface area (TPSA) is 138 Å². The van der Waals surface area contributed by atoms with Gasteiger partial charge in [-0.1, -0.05) is 0 Å². The lowest BCUT2D eigenvalue weighted by Crippen LogP contribution is -2.18. The molecule has 0 saturated heterocycles. The molecule has 13 heavy (non-hydrogen) atoms. The Bertz CT molecular complexity index is 264. The normalized spacial score (nSPS) is 16.2. The van der Waals surface area contributed by atoms with E-state index in [1.54, 1.807) is 0 Å². The van der Waals surface area contributed by atoms with Crippen molar-refractivity contribution in [3.05, 3.63) is 23.5 Å². The first kappa shape index (κ1) is 11.1. The number of rotatable bonds is 3. The average molecular weight is 192 g/mol. The Morgan fingerprint density at radius 2 is 1.62 bits per heavy atom. The van der Waals surface area contributed by atoms with Gasteiger partial charge in [-0.25, -0.2) is 4.79 Å². The van der Waals surface area contributed by atoms with Crippen LogP contribution in [0.5, 0.6) is 0 Å². The van der Waals surface area contributed by atoms with Crippen LogP contribution in [0.4, 0.5) is 0 Å². The quantitative estimate of drug-likeness (QED) is 0.267. The fourth-order valence-corrected chi connectivity index (χ4v) is 0.450. The molecule has 0 rings (SSSR count). The monoisotopic (exact) mass is 192 g/mol. The maximum atomic E-state index is 10.0. The van der Waals surface area contributed by atoms with Crippen molar-refractivity contribution >= 4 is 5.97 Å². The standard InChI is InChI=1S/C6H8O7/c7-1-2(8)3(9)4(10)5(11)6(12)13/h1,3,7-11H,(H,12,13)/b2-1-,5-4+. The Labute approximate surface area is 72.1 Å². The molecule has 0 bridgehead atoms. The first-order chi connectivity index (χ1) is 5.91. The minimum Gasteiger partial charge on any atom is -0.512 e. The number of aliphatic hydroxyl groups is 5. The van der Waals surface area contributed by atoms with Crippen LogP contribution in [0, 0.1) is 0 Å². The predicted molar refractivity (Wildman–Crippen MR) is 39.3 cm³/mol. The van der Waals surface area contributed by atoms with Crippen molar-refractivity contribution in [2.45, 2.75) is 6.10 Å². The molecule has 7 nitrogen and oxygen atoms in total. The Morgan fingerprint density at radius 1 is 1.15 bits per heavy atom. The summed E-state index contributed by atoms with van der Waals surface area (Å²) in [5.74, 6) is -5.84. The van der Waals surface area contributed by atoms with E-state index in [2.05, 4.69) is 0 Å². The van der Waals surface area contributed by atoms with Gasteiger partial charge in [0, 0.05) is 0 Å². The Kier molecular flexibility index (Phi) is 3.60. The third-order valence-electron chi connectivity index (χ3n) is 1.12. The van der Waals surface area contributed by atoms with Gasteiger partial charge in [0.1, 0.15) is 6.26 Å². The summed E-state index contributed by atoms with van der Waals surface area (Å²) < 4.78 is 0. The fourth-order valence-electron chi connectivity index (χ4n) is 0.450. The second-order valence-electron chi connectivity index (χ2n) is 2.00. The zero-order valence-corrected chi connectivity index (χ0v) is 6.25. The number of carboxylic acid groups (broad SMARTS) is 1. The van der Waals surface area contributed by atoms with Crippen LogP contribution in [0.1, 0.15) is 0 Å². The number of aliphatic carboxylic acids is 1. The summed E-state index contributed by atoms with van der Waals surface area (Å²) in [6.45, 7) is 0. The van der Waals surface area contributed by atoms with E-state index in [-0.39, 0.29) is 6.26 Å². The summed E-state index contributed by atoms with van der Waals surface area (Å²) in [7, 11) is 0. The van der Waals surface area contributed by atoms with Gasteiger partial charge in [-0.2, -0.15) is 0 Å². The summed E-state index contributed by atoms with van der Waals surface area (Å²) in [5, 5.41) is 50.9. The van der Waals surface area contributed by atoms with Gasteiger partial charge in [-0.05, 0) is 0 Å². The van der Waals surface area contributed by atoms with E-state index in [0.29, 0.717) is 0 Å². The molecule has 0 aromatic heterocycles. The van der Waals surface area contributed by atoms with Gasteiger partial charge in [-0.3, -0.25) is 0 Å². The summed E-state index contributed by atoms with van der Waals surface area (Å²) in [5.41, 5.74) is 0. The second kappa shape index (κ2) is 4.21. The van der Waals surface area contributed by atoms with Crippen LogP contribution in [0.25, 0.3) is 0 Å². The minimum absolute atomic E-state index is 0.0516. The molecule has 74 valence electrons. The minimum atomic E-state index is -2.17. The van der Waals surface area contributed by atoms with E-state index < -0.39 is 29.4 Å². The molecule has 0 aliphatic heterocycles. The summed E-state index contributed by atoms with van der Waals surface area (Å²) in [4.78, 5) is 10.0. The Morgan fingerprint density at radius 3 is 1.92 bits per heavy atom. The van der Waals surface area contributed by atoms with Crippen molar-refractivity contribution in [2.75, 3.05) is 0 Å². The molecule has 0 heterocycles. The highest BCUT2D eigenvalue weighted by Crippen LogP contribution is 2.09. The number of carboxylic acids is 1. The smallest absolute Gasteiger partial charge is 0.374 e. The molecule has 7 heteroatoms. The number of hydrogen-bond acceptors (Lipinski definition) is 6. The highest BCUT2D eigenvalue weighted by Gasteiger charge is 2.22. The second-order valence-corrected chi connectivity index (χ2v) is 2.00. The third-order valence-corrected chi connectivity index (χ3v) is 1.12. The van der Waals surface area contributed by atoms with Crippen LogP contribution < -0.4 is 0 Å². The molecule has 0 aromatic rings. The van der Waals surface area contributed by atoms with E-state index in [1.165, 1.54) is 0 Å². The lowest BCUT2D eigenvalue weighted by Gasteiger charge is -2.07. The van der Waals surface area contributed by atoms with E-state index >= 15 is 0 Å². The van der Waals surface area contributed by atoms with Crippen LogP contribution in [-0.4, -0.2) is 42.7 Å². The molecule has 0 spiro atoms. The van der Waals surface area contributed by atoms with E-state index in [9.17, 15) is 4.79 Å². The molecule has 0 aliphatic rings. The van der Waals surface area contributed by atoms with Crippen LogP contribution in [0.3, 0.4) is 0 Å². The first-order valence-electron chi connectivity index (χ1n) is 2.98. The Hall–Kier alpha value is -1.89. The summed E-state index contributed by atoms with van der Waals surface area (Å²) in [6.07, 6.45) is -2.11. The maximum Gasteiger partial charge on any atom is 0.374 e. The summed E-state index contributed by atoms with van der Waals surface area (Å²) in [6, 6.07) is 0. The van der Waals surface area contributed by atoms with Crippen LogP contribution in [0.15, 0.2) is 23.5 Å². The van der Waals surface area contributed by atoms with Crippen LogP contribution in [-0.2, 0) is 4.79 Å². The van der Waals surface area contributed by atoms with Crippen molar-refractivity contribution in [1.82, 2.24) is 0 Å². The van der Waals surface area contributed by atoms with Gasteiger partial charge in [0.05, 0.1) is 0 Å². The number of aliphatic hydroxyl groups excluding tert-OH is 5. The van der Waals surface area contributed by atoms with E-state index in [1.807, 2.05) is 0 Å². The third kappa shape index (κ3) is 2.56. The van der Waals surface area contributed by atoms with Gasteiger partial charge in [0.25, 0.3) is 0 Å². The van der Waals surface area contributed by atoms with Gasteiger partial charge < -0.3 is 30.6 Å². The molecule has 0 amide bonds. The lowest BCUT2D eigenvalue weighted by molar-refractivity contribution is -0.136. The SMILES string of the molecule is O=C(O)/C(O)=C(\O)C(O)/C(O)=C/O. The van der Waals surface area contributed by atoms with Crippen LogP contribution in [0.2, 0.25) is 0 Å². The molecule has 1 atom stereocenters. The van der Waals surface area contributed by atoms with Gasteiger partial charge in [0.15, 0.2) is 17.6 Å². The van der Waals surface area contributed by atoms with Gasteiger partial charge in [-0.15, -0.1) is 0 Å². The van der Waals surface area contributed by atoms with Crippen molar-refractivity contribution in [2.24, 2.45) is 0 Å². The van der Waals surface area contributed by atoms with Crippen molar-refractivity contribution in [3.63, 3.8) is 0 Å². The van der Waals surface area contributed by atoms with Crippen molar-refractivity contribution in [1.29, 1.82) is 0 Å². The molecular weight excluding hydrogens is 184 g/mol. The van der Waals surface area contributed by atoms with Gasteiger partial charge >= 0.3 is 5.97 Å².